The molecule has 2 heterocycles. The zero-order chi connectivity index (χ0) is 21.4. The predicted octanol–water partition coefficient (Wildman–Crippen LogP) is 3.13. The molecule has 1 atom stereocenters. The third-order valence-corrected chi connectivity index (χ3v) is 3.74. The van der Waals surface area contributed by atoms with E-state index in [4.69, 9.17) is 26.4 Å². The molecule has 0 saturated heterocycles. The van der Waals surface area contributed by atoms with Crippen LogP contribution in [0.5, 0.6) is 5.75 Å². The molecule has 0 aromatic carbocycles. The number of nitrogens with one attached hydrogen (secondary N) is 2. The minimum Gasteiger partial charge on any atom is -0.485 e. The second kappa shape index (κ2) is 10.7. The third-order valence-electron chi connectivity index (χ3n) is 3.54. The number of thiocarbonyl (C=S) groups is 1. The summed E-state index contributed by atoms with van der Waals surface area (Å²) in [5, 5.41) is 9.64. The SMILES string of the molecule is CCOC(=O)NC(=S)Nc1ncnc(-c2cnn(C(C)OCC)c2)c1OC(C)C. The number of aromatic nitrogens is 4. The molecular weight excluding hydrogens is 396 g/mol. The maximum Gasteiger partial charge on any atom is 0.413 e. The number of anilines is 1. The van der Waals surface area contributed by atoms with Crippen molar-refractivity contribution in [1.29, 1.82) is 0 Å². The number of carbonyl (C=O) groups is 1. The van der Waals surface area contributed by atoms with Gasteiger partial charge in [0.05, 0.1) is 18.9 Å². The van der Waals surface area contributed by atoms with Gasteiger partial charge in [0.1, 0.15) is 18.2 Å². The second-order valence-corrected chi connectivity index (χ2v) is 6.54. The normalized spacial score (nSPS) is 11.8. The van der Waals surface area contributed by atoms with Crippen LogP contribution in [-0.2, 0) is 9.47 Å². The van der Waals surface area contributed by atoms with Crippen LogP contribution in [-0.4, -0.2) is 50.3 Å². The summed E-state index contributed by atoms with van der Waals surface area (Å²) in [6.07, 6.45) is 3.84. The minimum absolute atomic E-state index is 0.0300. The average molecular weight is 423 g/mol. The molecule has 2 aromatic rings. The van der Waals surface area contributed by atoms with Gasteiger partial charge in [0.15, 0.2) is 16.7 Å². The summed E-state index contributed by atoms with van der Waals surface area (Å²) in [5.74, 6) is 0.704. The van der Waals surface area contributed by atoms with Gasteiger partial charge < -0.3 is 19.5 Å². The molecule has 1 unspecified atom stereocenters. The quantitative estimate of drug-likeness (QED) is 0.620. The molecule has 0 fully saturated rings. The summed E-state index contributed by atoms with van der Waals surface area (Å²) in [5.41, 5.74) is 1.26. The van der Waals surface area contributed by atoms with Crippen LogP contribution in [0.2, 0.25) is 0 Å². The van der Waals surface area contributed by atoms with Gasteiger partial charge in [-0.1, -0.05) is 0 Å². The summed E-state index contributed by atoms with van der Waals surface area (Å²) in [6.45, 7) is 10.1. The van der Waals surface area contributed by atoms with Gasteiger partial charge in [-0.3, -0.25) is 5.32 Å². The molecule has 29 heavy (non-hydrogen) atoms. The Labute approximate surface area is 175 Å². The molecule has 0 aliphatic rings. The molecular formula is C18H26N6O4S. The Morgan fingerprint density at radius 1 is 1.24 bits per heavy atom. The second-order valence-electron chi connectivity index (χ2n) is 6.13. The molecule has 158 valence electrons. The zero-order valence-corrected chi connectivity index (χ0v) is 17.9. The molecule has 11 heteroatoms. The highest BCUT2D eigenvalue weighted by Crippen LogP contribution is 2.34. The van der Waals surface area contributed by atoms with Gasteiger partial charge in [0.2, 0.25) is 0 Å². The Balaban J connectivity index is 2.32. The molecule has 2 aromatic heterocycles. The maximum absolute atomic E-state index is 11.6. The van der Waals surface area contributed by atoms with Crippen LogP contribution >= 0.6 is 12.2 Å². The van der Waals surface area contributed by atoms with Crippen LogP contribution in [0.3, 0.4) is 0 Å². The van der Waals surface area contributed by atoms with Crippen LogP contribution in [0, 0.1) is 0 Å². The van der Waals surface area contributed by atoms with Gasteiger partial charge in [0, 0.05) is 18.4 Å². The van der Waals surface area contributed by atoms with E-state index in [1.807, 2.05) is 33.9 Å². The van der Waals surface area contributed by atoms with E-state index in [2.05, 4.69) is 25.7 Å². The summed E-state index contributed by atoms with van der Waals surface area (Å²) >= 11 is 5.16. The molecule has 2 N–H and O–H groups in total. The van der Waals surface area contributed by atoms with Crippen LogP contribution < -0.4 is 15.4 Å². The van der Waals surface area contributed by atoms with E-state index in [1.165, 1.54) is 6.33 Å². The van der Waals surface area contributed by atoms with E-state index in [0.29, 0.717) is 23.9 Å². The van der Waals surface area contributed by atoms with E-state index < -0.39 is 6.09 Å². The number of alkyl carbamates (subject to hydrolysis) is 1. The molecule has 0 aliphatic carbocycles. The Bertz CT molecular complexity index is 842. The van der Waals surface area contributed by atoms with Crippen molar-refractivity contribution in [3.63, 3.8) is 0 Å². The first-order valence-corrected chi connectivity index (χ1v) is 9.69. The fourth-order valence-corrected chi connectivity index (χ4v) is 2.57. The van der Waals surface area contributed by atoms with Crippen LogP contribution in [0.1, 0.15) is 40.8 Å². The summed E-state index contributed by atoms with van der Waals surface area (Å²) in [7, 11) is 0. The van der Waals surface area contributed by atoms with Gasteiger partial charge in [-0.05, 0) is 46.8 Å². The van der Waals surface area contributed by atoms with E-state index in [9.17, 15) is 4.79 Å². The van der Waals surface area contributed by atoms with Crippen molar-refractivity contribution in [2.75, 3.05) is 18.5 Å². The van der Waals surface area contributed by atoms with Crippen molar-refractivity contribution in [3.8, 4) is 17.0 Å². The fraction of sp³-hybridized carbons (Fsp3) is 0.500. The first kappa shape index (κ1) is 22.5. The molecule has 10 nitrogen and oxygen atoms in total. The van der Waals surface area contributed by atoms with Gasteiger partial charge in [0.25, 0.3) is 0 Å². The molecule has 1 amide bonds. The van der Waals surface area contributed by atoms with Crippen molar-refractivity contribution in [3.05, 3.63) is 18.7 Å². The van der Waals surface area contributed by atoms with E-state index in [1.54, 1.807) is 17.8 Å². The highest BCUT2D eigenvalue weighted by atomic mass is 32.1. The lowest BCUT2D eigenvalue weighted by Crippen LogP contribution is -2.35. The van der Waals surface area contributed by atoms with Crippen molar-refractivity contribution in [2.24, 2.45) is 0 Å². The van der Waals surface area contributed by atoms with Crippen molar-refractivity contribution in [1.82, 2.24) is 25.1 Å². The highest BCUT2D eigenvalue weighted by molar-refractivity contribution is 7.80. The van der Waals surface area contributed by atoms with Crippen molar-refractivity contribution >= 4 is 29.2 Å². The molecule has 0 spiro atoms. The number of amides is 1. The summed E-state index contributed by atoms with van der Waals surface area (Å²) in [4.78, 5) is 20.1. The molecule has 2 rings (SSSR count). The van der Waals surface area contributed by atoms with Crippen LogP contribution in [0.4, 0.5) is 10.6 Å². The number of rotatable bonds is 8. The lowest BCUT2D eigenvalue weighted by atomic mass is 10.2. The van der Waals surface area contributed by atoms with Gasteiger partial charge in [-0.15, -0.1) is 0 Å². The Hall–Kier alpha value is -2.79. The fourth-order valence-electron chi connectivity index (χ4n) is 2.39. The molecule has 0 radical (unpaired) electrons. The van der Waals surface area contributed by atoms with Crippen molar-refractivity contribution in [2.45, 2.75) is 47.0 Å². The number of ether oxygens (including phenoxy) is 3. The van der Waals surface area contributed by atoms with Crippen LogP contribution in [0.25, 0.3) is 11.3 Å². The maximum atomic E-state index is 11.6. The topological polar surface area (TPSA) is 112 Å². The third kappa shape index (κ3) is 6.36. The Morgan fingerprint density at radius 2 is 2.00 bits per heavy atom. The lowest BCUT2D eigenvalue weighted by molar-refractivity contribution is 0.0160. The van der Waals surface area contributed by atoms with Crippen molar-refractivity contribution < 1.29 is 19.0 Å². The number of nitrogens with zero attached hydrogens (tertiary/aromatic N) is 4. The first-order valence-electron chi connectivity index (χ1n) is 9.28. The van der Waals surface area contributed by atoms with E-state index in [0.717, 1.165) is 5.56 Å². The minimum atomic E-state index is -0.656. The smallest absolute Gasteiger partial charge is 0.413 e. The van der Waals surface area contributed by atoms with Crippen LogP contribution in [0.15, 0.2) is 18.7 Å². The molecule has 0 bridgehead atoms. The first-order chi connectivity index (χ1) is 13.8. The van der Waals surface area contributed by atoms with Gasteiger partial charge in [-0.25, -0.2) is 19.4 Å². The monoisotopic (exact) mass is 422 g/mol. The van der Waals surface area contributed by atoms with Gasteiger partial charge >= 0.3 is 6.09 Å². The largest absolute Gasteiger partial charge is 0.485 e. The highest BCUT2D eigenvalue weighted by Gasteiger charge is 2.20. The Morgan fingerprint density at radius 3 is 2.66 bits per heavy atom. The standard InChI is InChI=1S/C18H26N6O4S/c1-6-26-12(5)24-9-13(8-21-24)14-15(28-11(3)4)16(20-10-19-14)22-17(29)23-18(25)27-7-2/h8-12H,6-7H2,1-5H3,(H2,19,20,22,23,25,29). The number of hydrogen-bond donors (Lipinski definition) is 2. The predicted molar refractivity (Wildman–Crippen MR) is 112 cm³/mol. The average Bonchev–Trinajstić information content (AvgIpc) is 3.13. The lowest BCUT2D eigenvalue weighted by Gasteiger charge is -2.17. The van der Waals surface area contributed by atoms with E-state index >= 15 is 0 Å². The molecule has 0 aliphatic heterocycles. The molecule has 0 saturated carbocycles. The van der Waals surface area contributed by atoms with Gasteiger partial charge in [-0.2, -0.15) is 5.10 Å². The summed E-state index contributed by atoms with van der Waals surface area (Å²) < 4.78 is 18.0. The zero-order valence-electron chi connectivity index (χ0n) is 17.1. The number of carbonyl (C=O) groups excluding carboxylic acids is 1. The number of hydrogen-bond acceptors (Lipinski definition) is 8. The summed E-state index contributed by atoms with van der Waals surface area (Å²) in [6, 6.07) is 0. The van der Waals surface area contributed by atoms with E-state index in [-0.39, 0.29) is 24.1 Å². The Kier molecular flexibility index (Phi) is 8.28.